The molecule has 31 heavy (non-hydrogen) atoms. The molecule has 1 saturated heterocycles. The summed E-state index contributed by atoms with van der Waals surface area (Å²) in [6.07, 6.45) is 5.46. The van der Waals surface area contributed by atoms with Crippen molar-refractivity contribution in [2.75, 3.05) is 31.1 Å². The van der Waals surface area contributed by atoms with Crippen LogP contribution in [0.25, 0.3) is 17.0 Å². The molecule has 1 aromatic heterocycles. The second-order valence-electron chi connectivity index (χ2n) is 7.53. The average Bonchev–Trinajstić information content (AvgIpc) is 2.79. The number of halogens is 1. The van der Waals surface area contributed by atoms with Crippen molar-refractivity contribution in [1.29, 1.82) is 0 Å². The number of pyridine rings is 1. The molecule has 0 amide bonds. The molecule has 0 unspecified atom stereocenters. The molecule has 160 valence electrons. The Labute approximate surface area is 179 Å². The molecule has 3 aromatic rings. The first kappa shape index (κ1) is 20.7. The van der Waals surface area contributed by atoms with E-state index in [1.807, 2.05) is 42.2 Å². The van der Waals surface area contributed by atoms with Crippen LogP contribution in [-0.4, -0.2) is 46.7 Å². The third-order valence-electron chi connectivity index (χ3n) is 5.65. The van der Waals surface area contributed by atoms with Crippen molar-refractivity contribution in [3.8, 4) is 0 Å². The Hall–Kier alpha value is -3.61. The zero-order valence-electron chi connectivity index (χ0n) is 17.3. The second kappa shape index (κ2) is 8.63. The van der Waals surface area contributed by atoms with Gasteiger partial charge in [0, 0.05) is 44.3 Å². The predicted octanol–water partition coefficient (Wildman–Crippen LogP) is 3.65. The van der Waals surface area contributed by atoms with Crippen molar-refractivity contribution in [2.45, 2.75) is 13.5 Å². The van der Waals surface area contributed by atoms with Gasteiger partial charge in [-0.15, -0.1) is 0 Å². The monoisotopic (exact) mass is 421 g/mol. The zero-order valence-corrected chi connectivity index (χ0v) is 17.3. The fourth-order valence-electron chi connectivity index (χ4n) is 3.92. The molecule has 0 radical (unpaired) electrons. The molecule has 1 N–H and O–H groups in total. The number of aromatic nitrogens is 1. The highest BCUT2D eigenvalue weighted by molar-refractivity contribution is 5.93. The van der Waals surface area contributed by atoms with E-state index >= 15 is 0 Å². The van der Waals surface area contributed by atoms with Crippen LogP contribution in [0.4, 0.5) is 10.1 Å². The lowest BCUT2D eigenvalue weighted by Crippen LogP contribution is -2.44. The highest BCUT2D eigenvalue weighted by Gasteiger charge is 2.21. The third-order valence-corrected chi connectivity index (χ3v) is 5.65. The smallest absolute Gasteiger partial charge is 0.341 e. The maximum atomic E-state index is 15.0. The van der Waals surface area contributed by atoms with Crippen molar-refractivity contribution in [3.63, 3.8) is 0 Å². The molecular weight excluding hydrogens is 397 g/mol. The number of hydrogen-bond acceptors (Lipinski definition) is 4. The van der Waals surface area contributed by atoms with Crippen molar-refractivity contribution in [1.82, 2.24) is 9.47 Å². The normalized spacial score (nSPS) is 14.5. The van der Waals surface area contributed by atoms with Gasteiger partial charge in [0.05, 0.1) is 11.2 Å². The van der Waals surface area contributed by atoms with Gasteiger partial charge in [0.2, 0.25) is 5.43 Å². The Kier molecular flexibility index (Phi) is 5.75. The fraction of sp³-hybridized carbons (Fsp3) is 0.250. The Morgan fingerprint density at radius 3 is 2.48 bits per heavy atom. The van der Waals surface area contributed by atoms with Crippen LogP contribution in [-0.2, 0) is 6.54 Å². The number of carboxylic acid groups (broad SMARTS) is 1. The maximum Gasteiger partial charge on any atom is 0.341 e. The first-order valence-corrected chi connectivity index (χ1v) is 10.3. The number of benzene rings is 2. The highest BCUT2D eigenvalue weighted by Crippen LogP contribution is 2.26. The average molecular weight is 421 g/mol. The van der Waals surface area contributed by atoms with E-state index in [4.69, 9.17) is 0 Å². The van der Waals surface area contributed by atoms with Crippen molar-refractivity contribution in [2.24, 2.45) is 0 Å². The van der Waals surface area contributed by atoms with Crippen LogP contribution >= 0.6 is 0 Å². The van der Waals surface area contributed by atoms with E-state index in [1.165, 1.54) is 12.3 Å². The lowest BCUT2D eigenvalue weighted by Gasteiger charge is -2.36. The Bertz CT molecular complexity index is 1200. The van der Waals surface area contributed by atoms with Gasteiger partial charge in [-0.2, -0.15) is 0 Å². The Balaban J connectivity index is 1.58. The van der Waals surface area contributed by atoms with Crippen LogP contribution < -0.4 is 10.3 Å². The van der Waals surface area contributed by atoms with Gasteiger partial charge in [-0.3, -0.25) is 4.79 Å². The van der Waals surface area contributed by atoms with Crippen molar-refractivity contribution < 1.29 is 14.3 Å². The van der Waals surface area contributed by atoms with Gasteiger partial charge < -0.3 is 19.5 Å². The number of rotatable bonds is 5. The molecule has 2 aromatic carbocycles. The van der Waals surface area contributed by atoms with Crippen LogP contribution in [0.1, 0.15) is 22.8 Å². The molecule has 0 spiro atoms. The van der Waals surface area contributed by atoms with E-state index in [2.05, 4.69) is 17.2 Å². The summed E-state index contributed by atoms with van der Waals surface area (Å²) in [4.78, 5) is 28.1. The van der Waals surface area contributed by atoms with Crippen LogP contribution in [0.15, 0.2) is 59.7 Å². The Morgan fingerprint density at radius 2 is 1.84 bits per heavy atom. The number of anilines is 1. The van der Waals surface area contributed by atoms with Crippen LogP contribution in [0.2, 0.25) is 0 Å². The molecule has 0 saturated carbocycles. The predicted molar refractivity (Wildman–Crippen MR) is 120 cm³/mol. The maximum absolute atomic E-state index is 15.0. The van der Waals surface area contributed by atoms with E-state index in [0.717, 1.165) is 18.7 Å². The molecule has 6 nitrogen and oxygen atoms in total. The van der Waals surface area contributed by atoms with Crippen molar-refractivity contribution >= 4 is 28.6 Å². The van der Waals surface area contributed by atoms with E-state index in [1.54, 1.807) is 10.6 Å². The van der Waals surface area contributed by atoms with E-state index < -0.39 is 17.2 Å². The topological polar surface area (TPSA) is 65.8 Å². The van der Waals surface area contributed by atoms with Gasteiger partial charge >= 0.3 is 5.97 Å². The van der Waals surface area contributed by atoms with Crippen molar-refractivity contribution in [3.05, 3.63) is 82.0 Å². The summed E-state index contributed by atoms with van der Waals surface area (Å²) in [7, 11) is 0. The number of carboxylic acids is 1. The van der Waals surface area contributed by atoms with Gasteiger partial charge in [0.25, 0.3) is 0 Å². The number of piperazine rings is 1. The zero-order chi connectivity index (χ0) is 22.0. The summed E-state index contributed by atoms with van der Waals surface area (Å²) < 4.78 is 16.6. The highest BCUT2D eigenvalue weighted by atomic mass is 19.1. The van der Waals surface area contributed by atoms with Gasteiger partial charge in [-0.05, 0) is 36.9 Å². The number of hydrogen-bond donors (Lipinski definition) is 1. The lowest BCUT2D eigenvalue weighted by atomic mass is 10.1. The minimum Gasteiger partial charge on any atom is -0.477 e. The molecule has 1 fully saturated rings. The fourth-order valence-corrected chi connectivity index (χ4v) is 3.92. The number of aromatic carboxylic acids is 1. The summed E-state index contributed by atoms with van der Waals surface area (Å²) in [6, 6.07) is 12.9. The molecule has 7 heteroatoms. The minimum atomic E-state index is -1.31. The quantitative estimate of drug-likeness (QED) is 0.681. The molecule has 0 atom stereocenters. The molecule has 0 aliphatic carbocycles. The minimum absolute atomic E-state index is 0.0902. The standard InChI is InChI=1S/C24H24FN3O3/c1-2-27-16-19(24(30)31)23(29)18-14-20(25)22(15-21(18)27)28-12-10-26(11-13-28)9-8-17-6-4-3-5-7-17/h3-9,14-16H,2,10-13H2,1H3,(H,30,31). The molecule has 4 rings (SSSR count). The molecule has 1 aliphatic heterocycles. The van der Waals surface area contributed by atoms with Crippen LogP contribution in [0, 0.1) is 5.82 Å². The third kappa shape index (κ3) is 4.17. The Morgan fingerprint density at radius 1 is 1.13 bits per heavy atom. The lowest BCUT2D eigenvalue weighted by molar-refractivity contribution is 0.0695. The van der Waals surface area contributed by atoms with Gasteiger partial charge in [0.1, 0.15) is 11.4 Å². The van der Waals surface area contributed by atoms with Gasteiger partial charge in [0.15, 0.2) is 0 Å². The van der Waals surface area contributed by atoms with Crippen LogP contribution in [0.5, 0.6) is 0 Å². The largest absolute Gasteiger partial charge is 0.477 e. The molecule has 1 aliphatic rings. The van der Waals surface area contributed by atoms with E-state index in [-0.39, 0.29) is 10.9 Å². The second-order valence-corrected chi connectivity index (χ2v) is 7.53. The van der Waals surface area contributed by atoms with Gasteiger partial charge in [-0.25, -0.2) is 9.18 Å². The molecular formula is C24H24FN3O3. The first-order chi connectivity index (χ1) is 15.0. The number of carbonyl (C=O) groups is 1. The molecule has 2 heterocycles. The molecule has 0 bridgehead atoms. The number of fused-ring (bicyclic) bond motifs is 1. The van der Waals surface area contributed by atoms with Gasteiger partial charge in [-0.1, -0.05) is 30.3 Å². The summed E-state index contributed by atoms with van der Waals surface area (Å²) in [5.74, 6) is -1.82. The van der Waals surface area contributed by atoms with E-state index in [9.17, 15) is 19.1 Å². The summed E-state index contributed by atoms with van der Waals surface area (Å²) >= 11 is 0. The summed E-state index contributed by atoms with van der Waals surface area (Å²) in [5, 5.41) is 9.38. The first-order valence-electron chi connectivity index (χ1n) is 10.3. The van der Waals surface area contributed by atoms with E-state index in [0.29, 0.717) is 30.8 Å². The number of aryl methyl sites for hydroxylation is 1. The number of nitrogens with zero attached hydrogens (tertiary/aromatic N) is 3. The SMILES string of the molecule is CCn1cc(C(=O)O)c(=O)c2cc(F)c(N3CCN(C=Cc4ccccc4)CC3)cc21. The summed E-state index contributed by atoms with van der Waals surface area (Å²) in [6.45, 7) is 5.12. The van der Waals surface area contributed by atoms with Crippen LogP contribution in [0.3, 0.4) is 0 Å². The summed E-state index contributed by atoms with van der Waals surface area (Å²) in [5.41, 5.74) is 1.10.